The van der Waals surface area contributed by atoms with E-state index in [0.717, 1.165) is 6.07 Å². The molecular weight excluding hydrogens is 303 g/mol. The van der Waals surface area contributed by atoms with E-state index >= 15 is 0 Å². The van der Waals surface area contributed by atoms with Gasteiger partial charge < -0.3 is 15.7 Å². The van der Waals surface area contributed by atoms with Crippen molar-refractivity contribution in [2.45, 2.75) is 33.2 Å². The highest BCUT2D eigenvalue weighted by atomic mass is 19.1. The molecule has 0 heterocycles. The first-order valence-electron chi connectivity index (χ1n) is 7.27. The third kappa shape index (κ3) is 6.06. The first-order valence-corrected chi connectivity index (χ1v) is 7.27. The van der Waals surface area contributed by atoms with Crippen molar-refractivity contribution >= 4 is 17.8 Å². The fraction of sp³-hybridized carbons (Fsp3) is 0.438. The van der Waals surface area contributed by atoms with Crippen molar-refractivity contribution in [3.05, 3.63) is 35.1 Å². The Morgan fingerprint density at radius 2 is 1.91 bits per heavy atom. The van der Waals surface area contributed by atoms with Crippen LogP contribution in [0.15, 0.2) is 18.2 Å². The fourth-order valence-corrected chi connectivity index (χ4v) is 2.03. The summed E-state index contributed by atoms with van der Waals surface area (Å²) in [7, 11) is 0. The molecule has 0 saturated carbocycles. The molecule has 2 amide bonds. The average molecular weight is 324 g/mol. The van der Waals surface area contributed by atoms with E-state index in [-0.39, 0.29) is 24.4 Å². The Morgan fingerprint density at radius 3 is 2.48 bits per heavy atom. The van der Waals surface area contributed by atoms with E-state index < -0.39 is 29.6 Å². The minimum Gasteiger partial charge on any atom is -0.480 e. The van der Waals surface area contributed by atoms with E-state index in [9.17, 15) is 18.8 Å². The molecule has 126 valence electrons. The van der Waals surface area contributed by atoms with Gasteiger partial charge in [-0.1, -0.05) is 19.9 Å². The van der Waals surface area contributed by atoms with Crippen LogP contribution in [0.2, 0.25) is 0 Å². The zero-order valence-electron chi connectivity index (χ0n) is 13.4. The first-order chi connectivity index (χ1) is 10.7. The molecule has 0 bridgehead atoms. The number of aryl methyl sites for hydroxylation is 1. The Hall–Kier alpha value is -2.44. The van der Waals surface area contributed by atoms with Crippen LogP contribution in [0, 0.1) is 18.7 Å². The number of carboxylic acids is 1. The summed E-state index contributed by atoms with van der Waals surface area (Å²) in [5, 5.41) is 13.8. The number of amides is 2. The van der Waals surface area contributed by atoms with E-state index in [0.29, 0.717) is 5.56 Å². The molecule has 0 aliphatic heterocycles. The Balaban J connectivity index is 2.59. The number of carbonyl (C=O) groups excluding carboxylic acids is 2. The van der Waals surface area contributed by atoms with E-state index in [2.05, 4.69) is 10.6 Å². The Labute approximate surface area is 134 Å². The summed E-state index contributed by atoms with van der Waals surface area (Å²) in [6.45, 7) is 4.96. The topological polar surface area (TPSA) is 95.5 Å². The van der Waals surface area contributed by atoms with Crippen LogP contribution in [0.5, 0.6) is 0 Å². The second-order valence-electron chi connectivity index (χ2n) is 5.73. The maximum absolute atomic E-state index is 13.2. The van der Waals surface area contributed by atoms with Gasteiger partial charge in [0.2, 0.25) is 5.91 Å². The smallest absolute Gasteiger partial charge is 0.326 e. The van der Waals surface area contributed by atoms with E-state index in [1.54, 1.807) is 6.92 Å². The van der Waals surface area contributed by atoms with Crippen LogP contribution in [0.25, 0.3) is 0 Å². The minimum atomic E-state index is -1.13. The van der Waals surface area contributed by atoms with Gasteiger partial charge in [0.1, 0.15) is 11.9 Å². The van der Waals surface area contributed by atoms with Crippen LogP contribution in [0.3, 0.4) is 0 Å². The maximum atomic E-state index is 13.2. The summed E-state index contributed by atoms with van der Waals surface area (Å²) < 4.78 is 13.2. The van der Waals surface area contributed by atoms with E-state index in [1.807, 2.05) is 13.8 Å². The molecule has 1 aromatic rings. The Kier molecular flexibility index (Phi) is 6.68. The predicted octanol–water partition coefficient (Wildman–Crippen LogP) is 1.48. The molecule has 1 aromatic carbocycles. The first kappa shape index (κ1) is 18.6. The van der Waals surface area contributed by atoms with Crippen molar-refractivity contribution in [2.75, 3.05) is 6.54 Å². The van der Waals surface area contributed by atoms with Crippen molar-refractivity contribution in [2.24, 2.45) is 5.92 Å². The molecule has 7 heteroatoms. The van der Waals surface area contributed by atoms with E-state index in [4.69, 9.17) is 5.11 Å². The molecule has 0 aliphatic rings. The number of rotatable bonds is 7. The molecule has 0 aliphatic carbocycles. The second kappa shape index (κ2) is 8.26. The Bertz CT molecular complexity index is 602. The second-order valence-corrected chi connectivity index (χ2v) is 5.73. The van der Waals surface area contributed by atoms with Gasteiger partial charge in [-0.05, 0) is 37.0 Å². The van der Waals surface area contributed by atoms with Crippen LogP contribution < -0.4 is 10.6 Å². The highest BCUT2D eigenvalue weighted by Crippen LogP contribution is 2.10. The largest absolute Gasteiger partial charge is 0.480 e. The summed E-state index contributed by atoms with van der Waals surface area (Å²) >= 11 is 0. The monoisotopic (exact) mass is 324 g/mol. The van der Waals surface area contributed by atoms with Crippen LogP contribution in [-0.4, -0.2) is 35.5 Å². The number of benzene rings is 1. The molecule has 3 N–H and O–H groups in total. The predicted molar refractivity (Wildman–Crippen MR) is 82.5 cm³/mol. The Morgan fingerprint density at radius 1 is 1.26 bits per heavy atom. The lowest BCUT2D eigenvalue weighted by molar-refractivity contribution is -0.142. The highest BCUT2D eigenvalue weighted by Gasteiger charge is 2.21. The lowest BCUT2D eigenvalue weighted by Gasteiger charge is -2.16. The maximum Gasteiger partial charge on any atom is 0.326 e. The fourth-order valence-electron chi connectivity index (χ4n) is 2.03. The molecule has 0 saturated heterocycles. The van der Waals surface area contributed by atoms with Crippen molar-refractivity contribution in [3.8, 4) is 0 Å². The van der Waals surface area contributed by atoms with E-state index in [1.165, 1.54) is 12.1 Å². The summed E-state index contributed by atoms with van der Waals surface area (Å²) in [6, 6.07) is 2.78. The van der Waals surface area contributed by atoms with Gasteiger partial charge in [0.15, 0.2) is 0 Å². The van der Waals surface area contributed by atoms with Gasteiger partial charge in [0.25, 0.3) is 5.91 Å². The zero-order valence-corrected chi connectivity index (χ0v) is 13.4. The van der Waals surface area contributed by atoms with Crippen LogP contribution >= 0.6 is 0 Å². The lowest BCUT2D eigenvalue weighted by Crippen LogP contribution is -2.46. The van der Waals surface area contributed by atoms with Gasteiger partial charge in [-0.15, -0.1) is 0 Å². The summed E-state index contributed by atoms with van der Waals surface area (Å²) in [5.41, 5.74) is 0.710. The van der Waals surface area contributed by atoms with Crippen LogP contribution in [0.4, 0.5) is 4.39 Å². The normalized spacial score (nSPS) is 11.9. The van der Waals surface area contributed by atoms with Gasteiger partial charge in [0.05, 0.1) is 6.54 Å². The molecule has 0 fully saturated rings. The van der Waals surface area contributed by atoms with Crippen molar-refractivity contribution < 1.29 is 23.9 Å². The molecule has 23 heavy (non-hydrogen) atoms. The number of halogens is 1. The zero-order chi connectivity index (χ0) is 17.6. The van der Waals surface area contributed by atoms with Gasteiger partial charge in [-0.25, -0.2) is 9.18 Å². The van der Waals surface area contributed by atoms with Crippen molar-refractivity contribution in [1.82, 2.24) is 10.6 Å². The van der Waals surface area contributed by atoms with Gasteiger partial charge in [0, 0.05) is 5.56 Å². The minimum absolute atomic E-state index is 0.0981. The average Bonchev–Trinajstić information content (AvgIpc) is 2.46. The molecule has 1 rings (SSSR count). The molecule has 0 unspecified atom stereocenters. The number of carboxylic acid groups (broad SMARTS) is 1. The number of hydrogen-bond donors (Lipinski definition) is 3. The summed E-state index contributed by atoms with van der Waals surface area (Å²) in [6.07, 6.45) is 0.290. The van der Waals surface area contributed by atoms with Gasteiger partial charge >= 0.3 is 5.97 Å². The molecular formula is C16H21FN2O4. The highest BCUT2D eigenvalue weighted by molar-refractivity contribution is 5.98. The van der Waals surface area contributed by atoms with Crippen molar-refractivity contribution in [3.63, 3.8) is 0 Å². The third-order valence-electron chi connectivity index (χ3n) is 3.19. The standard InChI is InChI=1S/C16H21FN2O4/c1-9(2)6-13(16(22)23)19-14(20)8-18-15(21)12-7-11(17)5-4-10(12)3/h4-5,7,9,13H,6,8H2,1-3H3,(H,18,21)(H,19,20)(H,22,23)/t13-/m0/s1. The SMILES string of the molecule is Cc1ccc(F)cc1C(=O)NCC(=O)N[C@@H](CC(C)C)C(=O)O. The quantitative estimate of drug-likeness (QED) is 0.708. The molecule has 0 aromatic heterocycles. The number of carbonyl (C=O) groups is 3. The number of hydrogen-bond acceptors (Lipinski definition) is 3. The summed E-state index contributed by atoms with van der Waals surface area (Å²) in [5.74, 6) is -2.78. The lowest BCUT2D eigenvalue weighted by atomic mass is 10.0. The number of aliphatic carboxylic acids is 1. The van der Waals surface area contributed by atoms with Crippen LogP contribution in [-0.2, 0) is 9.59 Å². The number of nitrogens with one attached hydrogen (secondary N) is 2. The van der Waals surface area contributed by atoms with Crippen molar-refractivity contribution in [1.29, 1.82) is 0 Å². The molecule has 6 nitrogen and oxygen atoms in total. The third-order valence-corrected chi connectivity index (χ3v) is 3.19. The van der Waals surface area contributed by atoms with Crippen LogP contribution in [0.1, 0.15) is 36.2 Å². The molecule has 0 spiro atoms. The molecule has 0 radical (unpaired) electrons. The summed E-state index contributed by atoms with van der Waals surface area (Å²) in [4.78, 5) is 34.8. The van der Waals surface area contributed by atoms with Gasteiger partial charge in [-0.3, -0.25) is 9.59 Å². The molecule has 1 atom stereocenters. The van der Waals surface area contributed by atoms with Gasteiger partial charge in [-0.2, -0.15) is 0 Å².